The molecule has 0 spiro atoms. The van der Waals surface area contributed by atoms with Crippen LogP contribution in [0.2, 0.25) is 0 Å². The molecule has 2 aromatic rings. The second-order valence-corrected chi connectivity index (χ2v) is 5.70. The maximum atomic E-state index is 12.3. The third-order valence-corrected chi connectivity index (χ3v) is 3.81. The molecular formula is C20H22N2O7. The Morgan fingerprint density at radius 3 is 2.10 bits per heavy atom. The number of rotatable bonds is 8. The Morgan fingerprint density at radius 2 is 1.48 bits per heavy atom. The van der Waals surface area contributed by atoms with Crippen molar-refractivity contribution in [3.63, 3.8) is 0 Å². The summed E-state index contributed by atoms with van der Waals surface area (Å²) >= 11 is 0. The van der Waals surface area contributed by atoms with Gasteiger partial charge in [-0.2, -0.15) is 0 Å². The quantitative estimate of drug-likeness (QED) is 0.649. The summed E-state index contributed by atoms with van der Waals surface area (Å²) < 4.78 is 20.4. The molecule has 0 heterocycles. The van der Waals surface area contributed by atoms with Gasteiger partial charge in [-0.1, -0.05) is 30.3 Å². The van der Waals surface area contributed by atoms with Gasteiger partial charge in [0.25, 0.3) is 5.91 Å². The Hall–Kier alpha value is -3.75. The first kappa shape index (κ1) is 21.5. The summed E-state index contributed by atoms with van der Waals surface area (Å²) in [6.45, 7) is -0.391. The molecule has 154 valence electrons. The number of hydrogen-bond acceptors (Lipinski definition) is 7. The molecule has 2 rings (SSSR count). The highest BCUT2D eigenvalue weighted by Crippen LogP contribution is 2.34. The zero-order valence-electron chi connectivity index (χ0n) is 16.3. The highest BCUT2D eigenvalue weighted by molar-refractivity contribution is 5.98. The number of carbonyl (C=O) groups is 3. The van der Waals surface area contributed by atoms with Crippen molar-refractivity contribution in [1.29, 1.82) is 0 Å². The summed E-state index contributed by atoms with van der Waals surface area (Å²) in [7, 11) is 4.24. The molecule has 0 aliphatic rings. The van der Waals surface area contributed by atoms with E-state index in [1.807, 2.05) is 30.3 Å². The Labute approximate surface area is 167 Å². The lowest BCUT2D eigenvalue weighted by atomic mass is 10.1. The number of hydrogen-bond donors (Lipinski definition) is 2. The SMILES string of the molecule is COc1cc(OC)c(C(=O)OCC(=O)NC(=O)NCc2ccccc2)cc1OC. The van der Waals surface area contributed by atoms with Crippen LogP contribution in [0, 0.1) is 0 Å². The molecule has 0 fully saturated rings. The molecule has 0 aromatic heterocycles. The van der Waals surface area contributed by atoms with Gasteiger partial charge in [0.2, 0.25) is 0 Å². The number of urea groups is 1. The predicted molar refractivity (Wildman–Crippen MR) is 103 cm³/mol. The standard InChI is InChI=1S/C20H22N2O7/c1-26-15-10-17(28-3)16(27-2)9-14(15)19(24)29-12-18(23)22-20(25)21-11-13-7-5-4-6-8-13/h4-10H,11-12H2,1-3H3,(H2,21,22,23,25). The number of imide groups is 1. The van der Waals surface area contributed by atoms with Crippen molar-refractivity contribution >= 4 is 17.9 Å². The number of carbonyl (C=O) groups excluding carboxylic acids is 3. The van der Waals surface area contributed by atoms with Gasteiger partial charge >= 0.3 is 12.0 Å². The molecule has 3 amide bonds. The van der Waals surface area contributed by atoms with Gasteiger partial charge in [-0.05, 0) is 5.56 Å². The predicted octanol–water partition coefficient (Wildman–Crippen LogP) is 1.90. The maximum Gasteiger partial charge on any atom is 0.342 e. The van der Waals surface area contributed by atoms with Crippen molar-refractivity contribution in [3.05, 3.63) is 53.6 Å². The fourth-order valence-corrected chi connectivity index (χ4v) is 2.38. The maximum absolute atomic E-state index is 12.3. The fourth-order valence-electron chi connectivity index (χ4n) is 2.38. The zero-order valence-corrected chi connectivity index (χ0v) is 16.3. The Bertz CT molecular complexity index is 869. The topological polar surface area (TPSA) is 112 Å². The molecule has 0 bridgehead atoms. The molecule has 0 radical (unpaired) electrons. The molecule has 0 saturated carbocycles. The molecule has 29 heavy (non-hydrogen) atoms. The van der Waals surface area contributed by atoms with E-state index in [1.165, 1.54) is 33.5 Å². The summed E-state index contributed by atoms with van der Waals surface area (Å²) in [6, 6.07) is 11.3. The summed E-state index contributed by atoms with van der Waals surface area (Å²) in [6.07, 6.45) is 0. The van der Waals surface area contributed by atoms with Gasteiger partial charge < -0.3 is 24.3 Å². The van der Waals surface area contributed by atoms with Crippen LogP contribution in [0.25, 0.3) is 0 Å². The van der Waals surface area contributed by atoms with Crippen molar-refractivity contribution in [2.24, 2.45) is 0 Å². The van der Waals surface area contributed by atoms with Crippen LogP contribution in [-0.2, 0) is 16.1 Å². The van der Waals surface area contributed by atoms with Crippen LogP contribution in [-0.4, -0.2) is 45.8 Å². The minimum Gasteiger partial charge on any atom is -0.496 e. The summed E-state index contributed by atoms with van der Waals surface area (Å²) in [5, 5.41) is 4.62. The first-order chi connectivity index (χ1) is 14.0. The molecule has 2 N–H and O–H groups in total. The van der Waals surface area contributed by atoms with E-state index >= 15 is 0 Å². The second kappa shape index (κ2) is 10.5. The van der Waals surface area contributed by atoms with E-state index in [0.717, 1.165) is 5.56 Å². The van der Waals surface area contributed by atoms with Crippen LogP contribution in [0.3, 0.4) is 0 Å². The van der Waals surface area contributed by atoms with Crippen molar-refractivity contribution in [2.45, 2.75) is 6.54 Å². The Morgan fingerprint density at radius 1 is 0.862 bits per heavy atom. The van der Waals surface area contributed by atoms with Gasteiger partial charge in [-0.25, -0.2) is 9.59 Å². The van der Waals surface area contributed by atoms with Crippen molar-refractivity contribution in [2.75, 3.05) is 27.9 Å². The number of benzene rings is 2. The zero-order chi connectivity index (χ0) is 21.2. The number of esters is 1. The first-order valence-corrected chi connectivity index (χ1v) is 8.57. The van der Waals surface area contributed by atoms with E-state index in [9.17, 15) is 14.4 Å². The summed E-state index contributed by atoms with van der Waals surface area (Å²) in [4.78, 5) is 35.9. The summed E-state index contributed by atoms with van der Waals surface area (Å²) in [5.41, 5.74) is 0.925. The van der Waals surface area contributed by atoms with Crippen LogP contribution in [0.4, 0.5) is 4.79 Å². The van der Waals surface area contributed by atoms with Crippen LogP contribution >= 0.6 is 0 Å². The average Bonchev–Trinajstić information content (AvgIpc) is 2.75. The third-order valence-electron chi connectivity index (χ3n) is 3.81. The molecular weight excluding hydrogens is 380 g/mol. The fraction of sp³-hybridized carbons (Fsp3) is 0.250. The Kier molecular flexibility index (Phi) is 7.84. The number of nitrogens with one attached hydrogen (secondary N) is 2. The van der Waals surface area contributed by atoms with Crippen molar-refractivity contribution in [1.82, 2.24) is 10.6 Å². The average molecular weight is 402 g/mol. The van der Waals surface area contributed by atoms with Crippen LogP contribution < -0.4 is 24.8 Å². The van der Waals surface area contributed by atoms with E-state index in [4.69, 9.17) is 18.9 Å². The smallest absolute Gasteiger partial charge is 0.342 e. The lowest BCUT2D eigenvalue weighted by Gasteiger charge is -2.13. The normalized spacial score (nSPS) is 9.90. The highest BCUT2D eigenvalue weighted by Gasteiger charge is 2.20. The van der Waals surface area contributed by atoms with Gasteiger partial charge in [0.1, 0.15) is 11.3 Å². The molecule has 9 heteroatoms. The van der Waals surface area contributed by atoms with Gasteiger partial charge in [0, 0.05) is 18.7 Å². The monoisotopic (exact) mass is 402 g/mol. The second-order valence-electron chi connectivity index (χ2n) is 5.70. The molecule has 0 atom stereocenters. The highest BCUT2D eigenvalue weighted by atomic mass is 16.5. The number of amides is 3. The molecule has 0 aliphatic carbocycles. The number of methoxy groups -OCH3 is 3. The van der Waals surface area contributed by atoms with E-state index in [0.29, 0.717) is 11.5 Å². The molecule has 9 nitrogen and oxygen atoms in total. The van der Waals surface area contributed by atoms with Crippen LogP contribution in [0.15, 0.2) is 42.5 Å². The lowest BCUT2D eigenvalue weighted by molar-refractivity contribution is -0.123. The van der Waals surface area contributed by atoms with Gasteiger partial charge in [-0.15, -0.1) is 0 Å². The van der Waals surface area contributed by atoms with Gasteiger partial charge in [0.05, 0.1) is 21.3 Å². The number of ether oxygens (including phenoxy) is 4. The van der Waals surface area contributed by atoms with E-state index in [2.05, 4.69) is 10.6 Å². The Balaban J connectivity index is 1.89. The largest absolute Gasteiger partial charge is 0.496 e. The lowest BCUT2D eigenvalue weighted by Crippen LogP contribution is -2.41. The van der Waals surface area contributed by atoms with Gasteiger partial charge in [-0.3, -0.25) is 10.1 Å². The molecule has 2 aromatic carbocycles. The third kappa shape index (κ3) is 6.13. The van der Waals surface area contributed by atoms with E-state index < -0.39 is 24.5 Å². The van der Waals surface area contributed by atoms with E-state index in [-0.39, 0.29) is 17.9 Å². The van der Waals surface area contributed by atoms with Crippen molar-refractivity contribution in [3.8, 4) is 17.2 Å². The first-order valence-electron chi connectivity index (χ1n) is 8.57. The minimum atomic E-state index is -0.817. The molecule has 0 saturated heterocycles. The molecule has 0 unspecified atom stereocenters. The molecule has 0 aliphatic heterocycles. The van der Waals surface area contributed by atoms with E-state index in [1.54, 1.807) is 0 Å². The summed E-state index contributed by atoms with van der Waals surface area (Å²) in [5.74, 6) is -0.738. The van der Waals surface area contributed by atoms with Crippen LogP contribution in [0.5, 0.6) is 17.2 Å². The van der Waals surface area contributed by atoms with Crippen molar-refractivity contribution < 1.29 is 33.3 Å². The minimum absolute atomic E-state index is 0.0477. The van der Waals surface area contributed by atoms with Crippen LogP contribution in [0.1, 0.15) is 15.9 Å². The van der Waals surface area contributed by atoms with Gasteiger partial charge in [0.15, 0.2) is 18.1 Å².